The fourth-order valence-corrected chi connectivity index (χ4v) is 4.59. The Morgan fingerprint density at radius 2 is 1.90 bits per heavy atom. The molecule has 0 saturated carbocycles. The van der Waals surface area contributed by atoms with E-state index in [4.69, 9.17) is 4.52 Å². The predicted molar refractivity (Wildman–Crippen MR) is 107 cm³/mol. The van der Waals surface area contributed by atoms with Gasteiger partial charge in [-0.2, -0.15) is 4.98 Å². The van der Waals surface area contributed by atoms with Gasteiger partial charge in [-0.05, 0) is 43.4 Å². The molecule has 1 aromatic carbocycles. The van der Waals surface area contributed by atoms with Gasteiger partial charge in [0, 0.05) is 42.5 Å². The minimum atomic E-state index is 0.0291. The number of hydrogen-bond donors (Lipinski definition) is 1. The minimum absolute atomic E-state index is 0.0291. The first-order valence-electron chi connectivity index (χ1n) is 10.1. The smallest absolute Gasteiger partial charge is 0.318 e. The van der Waals surface area contributed by atoms with E-state index in [1.165, 1.54) is 0 Å². The molecule has 2 bridgehead atoms. The normalized spacial score (nSPS) is 23.2. The van der Waals surface area contributed by atoms with Crippen molar-refractivity contribution in [2.45, 2.75) is 50.2 Å². The monoisotopic (exact) mass is 389 g/mol. The number of fused-ring (bicyclic) bond motifs is 2. The number of nitrogens with one attached hydrogen (secondary N) is 1. The maximum Gasteiger partial charge on any atom is 0.318 e. The first-order valence-corrected chi connectivity index (χ1v) is 10.1. The zero-order chi connectivity index (χ0) is 19.6. The summed E-state index contributed by atoms with van der Waals surface area (Å²) in [6.07, 6.45) is 7.25. The lowest BCUT2D eigenvalue weighted by atomic mass is 9.91. The van der Waals surface area contributed by atoms with E-state index in [1.54, 1.807) is 12.4 Å². The summed E-state index contributed by atoms with van der Waals surface area (Å²) in [5.74, 6) is 1.44. The predicted octanol–water partition coefficient (Wildman–Crippen LogP) is 3.75. The fourth-order valence-electron chi connectivity index (χ4n) is 4.59. The van der Waals surface area contributed by atoms with Crippen LogP contribution in [0.3, 0.4) is 0 Å². The molecule has 0 spiro atoms. The first kappa shape index (κ1) is 17.8. The molecule has 2 fully saturated rings. The van der Waals surface area contributed by atoms with Crippen LogP contribution in [0.25, 0.3) is 11.4 Å². The number of pyridine rings is 1. The topological polar surface area (TPSA) is 84.2 Å². The van der Waals surface area contributed by atoms with Crippen LogP contribution in [0.15, 0.2) is 59.4 Å². The Balaban J connectivity index is 1.24. The van der Waals surface area contributed by atoms with Crippen LogP contribution in [0.2, 0.25) is 0 Å². The molecule has 1 unspecified atom stereocenters. The summed E-state index contributed by atoms with van der Waals surface area (Å²) in [7, 11) is 0. The molecule has 2 saturated heterocycles. The molecule has 5 rings (SSSR count). The molecule has 3 aromatic rings. The summed E-state index contributed by atoms with van der Waals surface area (Å²) < 4.78 is 5.58. The molecule has 2 aliphatic heterocycles. The van der Waals surface area contributed by atoms with E-state index in [-0.39, 0.29) is 24.0 Å². The van der Waals surface area contributed by atoms with E-state index in [1.807, 2.05) is 47.4 Å². The van der Waals surface area contributed by atoms with Crippen LogP contribution in [0.5, 0.6) is 0 Å². The molecule has 4 heterocycles. The molecule has 0 radical (unpaired) electrons. The van der Waals surface area contributed by atoms with Gasteiger partial charge in [-0.25, -0.2) is 4.79 Å². The second-order valence-corrected chi connectivity index (χ2v) is 7.80. The lowest BCUT2D eigenvalue weighted by Gasteiger charge is -2.37. The summed E-state index contributed by atoms with van der Waals surface area (Å²) in [5, 5.41) is 7.21. The Bertz CT molecular complexity index is 961. The van der Waals surface area contributed by atoms with Crippen molar-refractivity contribution in [1.82, 2.24) is 25.3 Å². The average molecular weight is 389 g/mol. The zero-order valence-corrected chi connectivity index (χ0v) is 16.1. The third-order valence-corrected chi connectivity index (χ3v) is 5.96. The number of carbonyl (C=O) groups excluding carboxylic acids is 1. The van der Waals surface area contributed by atoms with Crippen molar-refractivity contribution in [1.29, 1.82) is 0 Å². The lowest BCUT2D eigenvalue weighted by Crippen LogP contribution is -2.50. The summed E-state index contributed by atoms with van der Waals surface area (Å²) >= 11 is 0. The van der Waals surface area contributed by atoms with Gasteiger partial charge in [-0.15, -0.1) is 0 Å². The highest BCUT2D eigenvalue weighted by atomic mass is 16.5. The maximum absolute atomic E-state index is 12.8. The number of piperidine rings is 1. The van der Waals surface area contributed by atoms with Gasteiger partial charge in [-0.1, -0.05) is 35.5 Å². The van der Waals surface area contributed by atoms with Crippen LogP contribution < -0.4 is 5.32 Å². The standard InChI is InChI=1S/C22H23N5O2/c28-22(24-13-15-5-2-1-3-6-15)27-18-8-9-19(27)12-17(11-18)21-25-20(26-29-21)16-7-4-10-23-14-16/h1-7,10,14,17-19H,8-9,11-13H2,(H,24,28)/t17?,18-,19+. The molecular weight excluding hydrogens is 366 g/mol. The summed E-state index contributed by atoms with van der Waals surface area (Å²) in [5.41, 5.74) is 1.96. The second kappa shape index (κ2) is 7.66. The first-order chi connectivity index (χ1) is 14.3. The number of aromatic nitrogens is 3. The number of nitrogens with zero attached hydrogens (tertiary/aromatic N) is 4. The highest BCUT2D eigenvalue weighted by Crippen LogP contribution is 2.42. The van der Waals surface area contributed by atoms with E-state index in [0.717, 1.165) is 36.8 Å². The molecule has 29 heavy (non-hydrogen) atoms. The van der Waals surface area contributed by atoms with E-state index < -0.39 is 0 Å². The fraction of sp³-hybridized carbons (Fsp3) is 0.364. The van der Waals surface area contributed by atoms with Crippen LogP contribution in [-0.4, -0.2) is 38.1 Å². The molecule has 3 atom stereocenters. The third-order valence-electron chi connectivity index (χ3n) is 5.96. The van der Waals surface area contributed by atoms with Crippen LogP contribution in [0, 0.1) is 0 Å². The number of carbonyl (C=O) groups is 1. The number of benzene rings is 1. The lowest BCUT2D eigenvalue weighted by molar-refractivity contribution is 0.130. The van der Waals surface area contributed by atoms with Crippen LogP contribution in [0.1, 0.15) is 43.1 Å². The SMILES string of the molecule is O=C(NCc1ccccc1)N1[C@@H]2CC[C@H]1CC(c1nc(-c3cccnc3)no1)C2. The number of hydrogen-bond acceptors (Lipinski definition) is 5. The molecule has 2 aromatic heterocycles. The van der Waals surface area contributed by atoms with Crippen molar-refractivity contribution < 1.29 is 9.32 Å². The molecule has 1 N–H and O–H groups in total. The molecule has 2 aliphatic rings. The summed E-state index contributed by atoms with van der Waals surface area (Å²) in [6, 6.07) is 14.3. The van der Waals surface area contributed by atoms with E-state index in [9.17, 15) is 4.79 Å². The maximum atomic E-state index is 12.8. The van der Waals surface area contributed by atoms with Crippen molar-refractivity contribution in [3.05, 3.63) is 66.3 Å². The second-order valence-electron chi connectivity index (χ2n) is 7.80. The summed E-state index contributed by atoms with van der Waals surface area (Å²) in [4.78, 5) is 23.6. The van der Waals surface area contributed by atoms with E-state index in [0.29, 0.717) is 18.3 Å². The van der Waals surface area contributed by atoms with Crippen molar-refractivity contribution in [2.24, 2.45) is 0 Å². The quantitative estimate of drug-likeness (QED) is 0.735. The van der Waals surface area contributed by atoms with Crippen LogP contribution in [-0.2, 0) is 6.54 Å². The number of amides is 2. The zero-order valence-electron chi connectivity index (χ0n) is 16.1. The Kier molecular flexibility index (Phi) is 4.71. The largest absolute Gasteiger partial charge is 0.339 e. The Labute approximate surface area is 169 Å². The van der Waals surface area contributed by atoms with Gasteiger partial charge in [0.05, 0.1) is 0 Å². The molecule has 7 heteroatoms. The highest BCUT2D eigenvalue weighted by Gasteiger charge is 2.45. The minimum Gasteiger partial charge on any atom is -0.339 e. The Hall–Kier alpha value is -3.22. The van der Waals surface area contributed by atoms with Crippen LogP contribution in [0.4, 0.5) is 4.79 Å². The molecule has 2 amide bonds. The average Bonchev–Trinajstić information content (AvgIpc) is 3.36. The van der Waals surface area contributed by atoms with Gasteiger partial charge < -0.3 is 14.7 Å². The molecule has 0 aliphatic carbocycles. The number of urea groups is 1. The van der Waals surface area contributed by atoms with Gasteiger partial charge in [0.1, 0.15) is 0 Å². The van der Waals surface area contributed by atoms with Crippen LogP contribution >= 0.6 is 0 Å². The van der Waals surface area contributed by atoms with Crippen molar-refractivity contribution in [2.75, 3.05) is 0 Å². The van der Waals surface area contributed by atoms with E-state index in [2.05, 4.69) is 20.4 Å². The number of rotatable bonds is 4. The van der Waals surface area contributed by atoms with Gasteiger partial charge in [0.2, 0.25) is 11.7 Å². The molecule has 148 valence electrons. The van der Waals surface area contributed by atoms with Gasteiger partial charge in [0.15, 0.2) is 0 Å². The highest BCUT2D eigenvalue weighted by molar-refractivity contribution is 5.75. The summed E-state index contributed by atoms with van der Waals surface area (Å²) in [6.45, 7) is 0.553. The van der Waals surface area contributed by atoms with Crippen molar-refractivity contribution in [3.8, 4) is 11.4 Å². The van der Waals surface area contributed by atoms with Gasteiger partial charge >= 0.3 is 6.03 Å². The third kappa shape index (κ3) is 3.60. The van der Waals surface area contributed by atoms with Crippen molar-refractivity contribution >= 4 is 6.03 Å². The molecule has 7 nitrogen and oxygen atoms in total. The molecular formula is C22H23N5O2. The Morgan fingerprint density at radius 1 is 1.10 bits per heavy atom. The van der Waals surface area contributed by atoms with Crippen molar-refractivity contribution in [3.63, 3.8) is 0 Å². The van der Waals surface area contributed by atoms with Gasteiger partial charge in [0.25, 0.3) is 0 Å². The van der Waals surface area contributed by atoms with E-state index >= 15 is 0 Å². The van der Waals surface area contributed by atoms with Gasteiger partial charge in [-0.3, -0.25) is 4.98 Å². The Morgan fingerprint density at radius 3 is 2.62 bits per heavy atom.